The van der Waals surface area contributed by atoms with Crippen LogP contribution in [0.5, 0.6) is 0 Å². The first-order valence-electron chi connectivity index (χ1n) is 5.94. The third-order valence-corrected chi connectivity index (χ3v) is 2.98. The molecule has 0 radical (unpaired) electrons. The van der Waals surface area contributed by atoms with Crippen LogP contribution >= 0.6 is 11.6 Å². The smallest absolute Gasteiger partial charge is 0.233 e. The molecule has 0 fully saturated rings. The Morgan fingerprint density at radius 3 is 2.78 bits per heavy atom. The molecule has 0 spiro atoms. The number of likely N-dealkylation sites (N-methyl/N-ethyl adjacent to an activating group) is 1. The Balaban J connectivity index is 2.79. The standard InChI is InChI=1S/C13H18ClFN2O/c1-3-7-17(9-13(18)16-2)8-10-11(14)5-4-6-12(10)15/h4-6H,3,7-9H2,1-2H3,(H,16,18). The van der Waals surface area contributed by atoms with E-state index in [-0.39, 0.29) is 18.3 Å². The first-order valence-corrected chi connectivity index (χ1v) is 6.32. The Kier molecular flexibility index (Phi) is 6.09. The molecule has 0 atom stereocenters. The van der Waals surface area contributed by atoms with Crippen molar-refractivity contribution in [2.45, 2.75) is 19.9 Å². The van der Waals surface area contributed by atoms with Gasteiger partial charge in [0.25, 0.3) is 0 Å². The van der Waals surface area contributed by atoms with E-state index >= 15 is 0 Å². The molecular weight excluding hydrogens is 255 g/mol. The molecule has 0 aliphatic carbocycles. The van der Waals surface area contributed by atoms with Gasteiger partial charge in [-0.2, -0.15) is 0 Å². The second kappa shape index (κ2) is 7.34. The van der Waals surface area contributed by atoms with Crippen molar-refractivity contribution in [3.05, 3.63) is 34.6 Å². The van der Waals surface area contributed by atoms with Gasteiger partial charge >= 0.3 is 0 Å². The topological polar surface area (TPSA) is 32.3 Å². The minimum Gasteiger partial charge on any atom is -0.358 e. The maximum absolute atomic E-state index is 13.7. The summed E-state index contributed by atoms with van der Waals surface area (Å²) in [6, 6.07) is 4.61. The van der Waals surface area contributed by atoms with Crippen LogP contribution in [0.2, 0.25) is 5.02 Å². The largest absolute Gasteiger partial charge is 0.358 e. The number of hydrogen-bond acceptors (Lipinski definition) is 2. The summed E-state index contributed by atoms with van der Waals surface area (Å²) in [4.78, 5) is 13.3. The highest BCUT2D eigenvalue weighted by molar-refractivity contribution is 6.31. The first kappa shape index (κ1) is 14.9. The Labute approximate surface area is 112 Å². The third kappa shape index (κ3) is 4.27. The zero-order valence-electron chi connectivity index (χ0n) is 10.7. The van der Waals surface area contributed by atoms with Crippen LogP contribution in [0.1, 0.15) is 18.9 Å². The molecule has 0 aliphatic heterocycles. The lowest BCUT2D eigenvalue weighted by Gasteiger charge is -2.21. The number of halogens is 2. The van der Waals surface area contributed by atoms with Crippen molar-refractivity contribution in [2.75, 3.05) is 20.1 Å². The van der Waals surface area contributed by atoms with Gasteiger partial charge in [0.1, 0.15) is 5.82 Å². The van der Waals surface area contributed by atoms with Crippen molar-refractivity contribution in [2.24, 2.45) is 0 Å². The second-order valence-corrected chi connectivity index (χ2v) is 4.49. The molecule has 1 amide bonds. The molecule has 0 heterocycles. The molecule has 0 saturated heterocycles. The van der Waals surface area contributed by atoms with Gasteiger partial charge in [0.05, 0.1) is 6.54 Å². The van der Waals surface area contributed by atoms with Gasteiger partial charge in [-0.1, -0.05) is 24.6 Å². The summed E-state index contributed by atoms with van der Waals surface area (Å²) in [5.74, 6) is -0.420. The van der Waals surface area contributed by atoms with Crippen molar-refractivity contribution in [3.8, 4) is 0 Å². The first-order chi connectivity index (χ1) is 8.58. The summed E-state index contributed by atoms with van der Waals surface area (Å²) in [6.07, 6.45) is 0.892. The van der Waals surface area contributed by atoms with Gasteiger partial charge in [-0.05, 0) is 25.1 Å². The maximum atomic E-state index is 13.7. The zero-order chi connectivity index (χ0) is 13.5. The third-order valence-electron chi connectivity index (χ3n) is 2.63. The monoisotopic (exact) mass is 272 g/mol. The van der Waals surface area contributed by atoms with E-state index in [1.807, 2.05) is 11.8 Å². The lowest BCUT2D eigenvalue weighted by Crippen LogP contribution is -2.36. The van der Waals surface area contributed by atoms with Gasteiger partial charge in [-0.25, -0.2) is 4.39 Å². The number of carbonyl (C=O) groups is 1. The van der Waals surface area contributed by atoms with Crippen LogP contribution in [0.25, 0.3) is 0 Å². The highest BCUT2D eigenvalue weighted by atomic mass is 35.5. The van der Waals surface area contributed by atoms with Gasteiger partial charge in [-0.3, -0.25) is 9.69 Å². The molecule has 18 heavy (non-hydrogen) atoms. The Morgan fingerprint density at radius 1 is 1.50 bits per heavy atom. The molecule has 1 aromatic rings. The number of benzene rings is 1. The number of nitrogens with one attached hydrogen (secondary N) is 1. The van der Waals surface area contributed by atoms with Crippen LogP contribution in [0, 0.1) is 5.82 Å². The second-order valence-electron chi connectivity index (χ2n) is 4.08. The predicted molar refractivity (Wildman–Crippen MR) is 71.0 cm³/mol. The quantitative estimate of drug-likeness (QED) is 0.863. The fraction of sp³-hybridized carbons (Fsp3) is 0.462. The summed E-state index contributed by atoms with van der Waals surface area (Å²) >= 11 is 5.98. The maximum Gasteiger partial charge on any atom is 0.233 e. The molecule has 0 saturated carbocycles. The minimum absolute atomic E-state index is 0.0871. The van der Waals surface area contributed by atoms with E-state index in [2.05, 4.69) is 5.32 Å². The molecule has 0 unspecified atom stereocenters. The van der Waals surface area contributed by atoms with E-state index in [9.17, 15) is 9.18 Å². The lowest BCUT2D eigenvalue weighted by atomic mass is 10.2. The number of carbonyl (C=O) groups excluding carboxylic acids is 1. The van der Waals surface area contributed by atoms with Gasteiger partial charge < -0.3 is 5.32 Å². The number of amides is 1. The van der Waals surface area contributed by atoms with E-state index in [0.29, 0.717) is 17.1 Å². The molecule has 0 aromatic heterocycles. The van der Waals surface area contributed by atoms with Crippen molar-refractivity contribution in [1.82, 2.24) is 10.2 Å². The van der Waals surface area contributed by atoms with E-state index in [0.717, 1.165) is 13.0 Å². The summed E-state index contributed by atoms with van der Waals surface area (Å²) in [5.41, 5.74) is 0.441. The van der Waals surface area contributed by atoms with Crippen molar-refractivity contribution in [1.29, 1.82) is 0 Å². The number of nitrogens with zero attached hydrogens (tertiary/aromatic N) is 1. The van der Waals surface area contributed by atoms with Gasteiger partial charge in [0.15, 0.2) is 0 Å². The molecule has 1 rings (SSSR count). The van der Waals surface area contributed by atoms with Crippen LogP contribution in [0.15, 0.2) is 18.2 Å². The summed E-state index contributed by atoms with van der Waals surface area (Å²) in [6.45, 7) is 3.32. The molecular formula is C13H18ClFN2O. The molecule has 3 nitrogen and oxygen atoms in total. The highest BCUT2D eigenvalue weighted by Crippen LogP contribution is 2.20. The lowest BCUT2D eigenvalue weighted by molar-refractivity contribution is -0.121. The molecule has 1 N–H and O–H groups in total. The normalized spacial score (nSPS) is 10.7. The molecule has 100 valence electrons. The molecule has 0 bridgehead atoms. The SMILES string of the molecule is CCCN(CC(=O)NC)Cc1c(F)cccc1Cl. The number of rotatable bonds is 6. The molecule has 1 aromatic carbocycles. The predicted octanol–water partition coefficient (Wildman–Crippen LogP) is 2.44. The average Bonchev–Trinajstić information content (AvgIpc) is 2.34. The molecule has 0 aliphatic rings. The fourth-order valence-corrected chi connectivity index (χ4v) is 1.94. The van der Waals surface area contributed by atoms with Crippen LogP contribution < -0.4 is 5.32 Å². The van der Waals surface area contributed by atoms with Gasteiger partial charge in [0.2, 0.25) is 5.91 Å². The zero-order valence-corrected chi connectivity index (χ0v) is 11.4. The Morgan fingerprint density at radius 2 is 2.22 bits per heavy atom. The molecule has 5 heteroatoms. The van der Waals surface area contributed by atoms with E-state index < -0.39 is 0 Å². The summed E-state index contributed by atoms with van der Waals surface area (Å²) < 4.78 is 13.7. The van der Waals surface area contributed by atoms with Crippen LogP contribution in [-0.4, -0.2) is 30.9 Å². The van der Waals surface area contributed by atoms with Crippen molar-refractivity contribution >= 4 is 17.5 Å². The van der Waals surface area contributed by atoms with E-state index in [1.54, 1.807) is 19.2 Å². The Hall–Kier alpha value is -1.13. The van der Waals surface area contributed by atoms with Crippen LogP contribution in [-0.2, 0) is 11.3 Å². The van der Waals surface area contributed by atoms with E-state index in [1.165, 1.54) is 6.07 Å². The van der Waals surface area contributed by atoms with Gasteiger partial charge in [0, 0.05) is 24.2 Å². The minimum atomic E-state index is -0.333. The van der Waals surface area contributed by atoms with Gasteiger partial charge in [-0.15, -0.1) is 0 Å². The Bertz CT molecular complexity index is 392. The summed E-state index contributed by atoms with van der Waals surface area (Å²) in [7, 11) is 1.59. The van der Waals surface area contributed by atoms with Crippen LogP contribution in [0.4, 0.5) is 4.39 Å². The van der Waals surface area contributed by atoms with E-state index in [4.69, 9.17) is 11.6 Å². The number of hydrogen-bond donors (Lipinski definition) is 1. The summed E-state index contributed by atoms with van der Waals surface area (Å²) in [5, 5.41) is 2.96. The fourth-order valence-electron chi connectivity index (χ4n) is 1.72. The van der Waals surface area contributed by atoms with Crippen molar-refractivity contribution < 1.29 is 9.18 Å². The highest BCUT2D eigenvalue weighted by Gasteiger charge is 2.14. The average molecular weight is 273 g/mol. The van der Waals surface area contributed by atoms with Crippen LogP contribution in [0.3, 0.4) is 0 Å². The van der Waals surface area contributed by atoms with Crippen molar-refractivity contribution in [3.63, 3.8) is 0 Å².